The van der Waals surface area contributed by atoms with E-state index in [2.05, 4.69) is 5.32 Å². The molecule has 4 nitrogen and oxygen atoms in total. The second-order valence-electron chi connectivity index (χ2n) is 4.02. The highest BCUT2D eigenvalue weighted by molar-refractivity contribution is 5.44. The van der Waals surface area contributed by atoms with Gasteiger partial charge in [0.15, 0.2) is 11.5 Å². The normalized spacial score (nSPS) is 10.6. The second kappa shape index (κ2) is 7.92. The van der Waals surface area contributed by atoms with E-state index in [-0.39, 0.29) is 11.5 Å². The first-order valence-corrected chi connectivity index (χ1v) is 5.95. The molecular weight excluding hydrogens is 218 g/mol. The summed E-state index contributed by atoms with van der Waals surface area (Å²) in [7, 11) is 1.71. The number of ether oxygens (including phenoxy) is 1. The maximum atomic E-state index is 9.56. The number of rotatable bonds is 8. The van der Waals surface area contributed by atoms with Crippen LogP contribution in [0.1, 0.15) is 24.8 Å². The molecule has 0 heterocycles. The fraction of sp³-hybridized carbons (Fsp3) is 0.538. The molecule has 1 aromatic rings. The smallest absolute Gasteiger partial charge is 0.161 e. The van der Waals surface area contributed by atoms with Crippen molar-refractivity contribution in [2.24, 2.45) is 0 Å². The molecule has 0 aliphatic rings. The van der Waals surface area contributed by atoms with Crippen molar-refractivity contribution in [2.75, 3.05) is 20.3 Å². The highest BCUT2D eigenvalue weighted by Gasteiger charge is 2.04. The molecule has 17 heavy (non-hydrogen) atoms. The summed E-state index contributed by atoms with van der Waals surface area (Å²) in [6, 6.07) is 5.00. The first-order valence-electron chi connectivity index (χ1n) is 5.95. The fourth-order valence-corrected chi connectivity index (χ4v) is 1.62. The van der Waals surface area contributed by atoms with Crippen molar-refractivity contribution in [1.82, 2.24) is 5.32 Å². The highest BCUT2D eigenvalue weighted by Crippen LogP contribution is 2.27. The molecule has 0 saturated carbocycles. The van der Waals surface area contributed by atoms with E-state index in [9.17, 15) is 10.2 Å². The van der Waals surface area contributed by atoms with E-state index >= 15 is 0 Å². The summed E-state index contributed by atoms with van der Waals surface area (Å²) in [5.74, 6) is -0.0937. The average molecular weight is 239 g/mol. The molecule has 0 amide bonds. The summed E-state index contributed by atoms with van der Waals surface area (Å²) in [5.41, 5.74) is 0.724. The number of nitrogens with one attached hydrogen (secondary N) is 1. The minimum absolute atomic E-state index is 0.0283. The number of para-hydroxylation sites is 1. The van der Waals surface area contributed by atoms with Crippen LogP contribution in [0.15, 0.2) is 18.2 Å². The second-order valence-corrected chi connectivity index (χ2v) is 4.02. The Labute approximate surface area is 102 Å². The van der Waals surface area contributed by atoms with E-state index in [0.717, 1.165) is 38.0 Å². The fourth-order valence-electron chi connectivity index (χ4n) is 1.62. The minimum atomic E-state index is -0.0654. The number of phenols is 2. The molecule has 0 aromatic heterocycles. The Morgan fingerprint density at radius 3 is 2.76 bits per heavy atom. The predicted octanol–water partition coefficient (Wildman–Crippen LogP) is 2.00. The standard InChI is InChI=1S/C13H21NO3/c1-17-9-4-2-3-8-14-10-11-6-5-7-12(15)13(11)16/h5-7,14-16H,2-4,8-10H2,1H3. The van der Waals surface area contributed by atoms with Gasteiger partial charge in [-0.1, -0.05) is 12.1 Å². The lowest BCUT2D eigenvalue weighted by atomic mass is 10.2. The zero-order chi connectivity index (χ0) is 12.5. The van der Waals surface area contributed by atoms with Crippen LogP contribution in [-0.2, 0) is 11.3 Å². The van der Waals surface area contributed by atoms with Crippen molar-refractivity contribution >= 4 is 0 Å². The Bertz CT molecular complexity index is 328. The Hall–Kier alpha value is -1.26. The molecule has 1 aromatic carbocycles. The molecule has 3 N–H and O–H groups in total. The molecule has 0 radical (unpaired) electrons. The first kappa shape index (κ1) is 13.8. The number of unbranched alkanes of at least 4 members (excludes halogenated alkanes) is 2. The van der Waals surface area contributed by atoms with E-state index in [4.69, 9.17) is 4.74 Å². The molecule has 0 aliphatic heterocycles. The van der Waals surface area contributed by atoms with E-state index in [0.29, 0.717) is 6.54 Å². The monoisotopic (exact) mass is 239 g/mol. The van der Waals surface area contributed by atoms with E-state index < -0.39 is 0 Å². The van der Waals surface area contributed by atoms with Gasteiger partial charge < -0.3 is 20.3 Å². The van der Waals surface area contributed by atoms with Crippen molar-refractivity contribution in [2.45, 2.75) is 25.8 Å². The van der Waals surface area contributed by atoms with Gasteiger partial charge >= 0.3 is 0 Å². The summed E-state index contributed by atoms with van der Waals surface area (Å²) in [5, 5.41) is 22.1. The number of hydrogen-bond donors (Lipinski definition) is 3. The van der Waals surface area contributed by atoms with Crippen molar-refractivity contribution in [1.29, 1.82) is 0 Å². The Kier molecular flexibility index (Phi) is 6.43. The van der Waals surface area contributed by atoms with E-state index in [1.165, 1.54) is 6.07 Å². The summed E-state index contributed by atoms with van der Waals surface area (Å²) in [6.45, 7) is 2.29. The van der Waals surface area contributed by atoms with Crippen molar-refractivity contribution in [3.05, 3.63) is 23.8 Å². The van der Waals surface area contributed by atoms with Gasteiger partial charge in [0.1, 0.15) is 0 Å². The summed E-state index contributed by atoms with van der Waals surface area (Å²) in [6.07, 6.45) is 3.30. The lowest BCUT2D eigenvalue weighted by Crippen LogP contribution is -2.14. The third kappa shape index (κ3) is 5.06. The molecule has 96 valence electrons. The largest absolute Gasteiger partial charge is 0.504 e. The topological polar surface area (TPSA) is 61.7 Å². The van der Waals surface area contributed by atoms with Gasteiger partial charge in [0, 0.05) is 25.8 Å². The van der Waals surface area contributed by atoms with Gasteiger partial charge in [0.25, 0.3) is 0 Å². The zero-order valence-corrected chi connectivity index (χ0v) is 10.3. The summed E-state index contributed by atoms with van der Waals surface area (Å²) >= 11 is 0. The van der Waals surface area contributed by atoms with Gasteiger partial charge in [-0.05, 0) is 31.9 Å². The molecule has 0 unspecified atom stereocenters. The van der Waals surface area contributed by atoms with Gasteiger partial charge in [-0.3, -0.25) is 0 Å². The third-order valence-electron chi connectivity index (χ3n) is 2.62. The molecule has 0 fully saturated rings. The molecule has 0 spiro atoms. The van der Waals surface area contributed by atoms with Crippen LogP contribution in [0.3, 0.4) is 0 Å². The van der Waals surface area contributed by atoms with Crippen LogP contribution in [0.25, 0.3) is 0 Å². The number of benzene rings is 1. The van der Waals surface area contributed by atoms with Gasteiger partial charge in [-0.25, -0.2) is 0 Å². The molecule has 0 aliphatic carbocycles. The van der Waals surface area contributed by atoms with Gasteiger partial charge in [-0.2, -0.15) is 0 Å². The van der Waals surface area contributed by atoms with Crippen LogP contribution < -0.4 is 5.32 Å². The van der Waals surface area contributed by atoms with Crippen LogP contribution in [0.5, 0.6) is 11.5 Å². The van der Waals surface area contributed by atoms with Crippen molar-refractivity contribution in [3.63, 3.8) is 0 Å². The quantitative estimate of drug-likeness (QED) is 0.479. The number of phenolic OH excluding ortho intramolecular Hbond substituents is 2. The average Bonchev–Trinajstić information content (AvgIpc) is 2.33. The van der Waals surface area contributed by atoms with E-state index in [1.807, 2.05) is 0 Å². The van der Waals surface area contributed by atoms with Crippen molar-refractivity contribution < 1.29 is 14.9 Å². The highest BCUT2D eigenvalue weighted by atomic mass is 16.5. The van der Waals surface area contributed by atoms with Crippen LogP contribution in [-0.4, -0.2) is 30.5 Å². The molecule has 0 bridgehead atoms. The summed E-state index contributed by atoms with van der Waals surface area (Å²) < 4.78 is 4.97. The van der Waals surface area contributed by atoms with Gasteiger partial charge in [-0.15, -0.1) is 0 Å². The maximum absolute atomic E-state index is 9.56. The minimum Gasteiger partial charge on any atom is -0.504 e. The van der Waals surface area contributed by atoms with Crippen molar-refractivity contribution in [3.8, 4) is 11.5 Å². The Morgan fingerprint density at radius 1 is 1.18 bits per heavy atom. The zero-order valence-electron chi connectivity index (χ0n) is 10.3. The molecule has 0 atom stereocenters. The number of hydrogen-bond acceptors (Lipinski definition) is 4. The lowest BCUT2D eigenvalue weighted by Gasteiger charge is -2.07. The Balaban J connectivity index is 2.16. The van der Waals surface area contributed by atoms with Crippen LogP contribution in [0, 0.1) is 0 Å². The summed E-state index contributed by atoms with van der Waals surface area (Å²) in [4.78, 5) is 0. The number of aromatic hydroxyl groups is 2. The van der Waals surface area contributed by atoms with E-state index in [1.54, 1.807) is 19.2 Å². The molecule has 0 saturated heterocycles. The van der Waals surface area contributed by atoms with Crippen LogP contribution in [0.2, 0.25) is 0 Å². The molecule has 1 rings (SSSR count). The molecule has 4 heteroatoms. The SMILES string of the molecule is COCCCCCNCc1cccc(O)c1O. The van der Waals surface area contributed by atoms with Gasteiger partial charge in [0.05, 0.1) is 0 Å². The lowest BCUT2D eigenvalue weighted by molar-refractivity contribution is 0.192. The van der Waals surface area contributed by atoms with Crippen LogP contribution >= 0.6 is 0 Å². The first-order chi connectivity index (χ1) is 8.25. The Morgan fingerprint density at radius 2 is 2.00 bits per heavy atom. The maximum Gasteiger partial charge on any atom is 0.161 e. The third-order valence-corrected chi connectivity index (χ3v) is 2.62. The van der Waals surface area contributed by atoms with Gasteiger partial charge in [0.2, 0.25) is 0 Å². The number of methoxy groups -OCH3 is 1. The molecular formula is C13H21NO3. The van der Waals surface area contributed by atoms with Crippen LogP contribution in [0.4, 0.5) is 0 Å². The predicted molar refractivity (Wildman–Crippen MR) is 67.2 cm³/mol.